The Morgan fingerprint density at radius 1 is 1.24 bits per heavy atom. The van der Waals surface area contributed by atoms with Crippen molar-refractivity contribution in [3.05, 3.63) is 17.5 Å². The third-order valence-electron chi connectivity index (χ3n) is 7.44. The second-order valence-corrected chi connectivity index (χ2v) is 9.13. The van der Waals surface area contributed by atoms with Crippen LogP contribution in [0.1, 0.15) is 50.3 Å². The molecule has 3 aliphatic heterocycles. The molecule has 3 saturated heterocycles. The summed E-state index contributed by atoms with van der Waals surface area (Å²) in [6, 6.07) is 0.712. The van der Waals surface area contributed by atoms with Crippen LogP contribution in [0.5, 0.6) is 0 Å². The molecule has 3 aliphatic rings. The molecule has 0 radical (unpaired) electrons. The zero-order valence-corrected chi connectivity index (χ0v) is 18.4. The van der Waals surface area contributed by atoms with Crippen LogP contribution >= 0.6 is 0 Å². The van der Waals surface area contributed by atoms with Gasteiger partial charge in [0, 0.05) is 57.1 Å². The molecule has 7 heteroatoms. The minimum absolute atomic E-state index is 0.229. The highest BCUT2D eigenvalue weighted by molar-refractivity contribution is 5.77. The third-order valence-corrected chi connectivity index (χ3v) is 7.44. The molecule has 1 aromatic heterocycles. The predicted molar refractivity (Wildman–Crippen MR) is 113 cm³/mol. The van der Waals surface area contributed by atoms with Crippen LogP contribution in [0.2, 0.25) is 0 Å². The van der Waals surface area contributed by atoms with Gasteiger partial charge in [-0.2, -0.15) is 5.10 Å². The maximum absolute atomic E-state index is 13.1. The summed E-state index contributed by atoms with van der Waals surface area (Å²) >= 11 is 0. The highest BCUT2D eigenvalue weighted by Gasteiger charge is 2.41. The summed E-state index contributed by atoms with van der Waals surface area (Å²) in [4.78, 5) is 20.2. The summed E-state index contributed by atoms with van der Waals surface area (Å²) in [5.74, 6) is 0.229. The average molecular weight is 404 g/mol. The Morgan fingerprint density at radius 2 is 2.03 bits per heavy atom. The van der Waals surface area contributed by atoms with Crippen molar-refractivity contribution < 1.29 is 9.53 Å². The molecule has 0 aromatic carbocycles. The second-order valence-electron chi connectivity index (χ2n) is 9.13. The quantitative estimate of drug-likeness (QED) is 0.750. The monoisotopic (exact) mass is 403 g/mol. The fourth-order valence-electron chi connectivity index (χ4n) is 5.29. The number of hydrogen-bond acceptors (Lipinski definition) is 5. The highest BCUT2D eigenvalue weighted by Crippen LogP contribution is 2.33. The van der Waals surface area contributed by atoms with Crippen LogP contribution in [0, 0.1) is 6.92 Å². The number of ether oxygens (including phenoxy) is 1. The van der Waals surface area contributed by atoms with Gasteiger partial charge in [0.2, 0.25) is 5.91 Å². The first kappa shape index (κ1) is 20.8. The van der Waals surface area contributed by atoms with E-state index in [1.54, 1.807) is 0 Å². The fraction of sp³-hybridized carbons (Fsp3) is 0.818. The maximum atomic E-state index is 13.1. The highest BCUT2D eigenvalue weighted by atomic mass is 16.5. The number of likely N-dealkylation sites (tertiary alicyclic amines) is 2. The molecule has 1 aromatic rings. The minimum Gasteiger partial charge on any atom is -0.373 e. The number of carbonyl (C=O) groups excluding carboxylic acids is 1. The van der Waals surface area contributed by atoms with Gasteiger partial charge in [-0.15, -0.1) is 0 Å². The first-order chi connectivity index (χ1) is 14.0. The van der Waals surface area contributed by atoms with Crippen LogP contribution in [0.25, 0.3) is 0 Å². The van der Waals surface area contributed by atoms with Crippen LogP contribution < -0.4 is 0 Å². The summed E-state index contributed by atoms with van der Waals surface area (Å²) in [5, 5.41) is 4.31. The van der Waals surface area contributed by atoms with E-state index in [1.807, 2.05) is 22.8 Å². The lowest BCUT2D eigenvalue weighted by molar-refractivity contribution is -0.136. The Morgan fingerprint density at radius 3 is 2.72 bits per heavy atom. The Bertz CT molecular complexity index is 710. The number of aryl methyl sites for hydroxylation is 1. The van der Waals surface area contributed by atoms with Crippen molar-refractivity contribution in [3.8, 4) is 0 Å². The van der Waals surface area contributed by atoms with E-state index in [0.29, 0.717) is 32.2 Å². The van der Waals surface area contributed by atoms with Crippen molar-refractivity contribution in [3.63, 3.8) is 0 Å². The Kier molecular flexibility index (Phi) is 6.27. The van der Waals surface area contributed by atoms with E-state index < -0.39 is 0 Å². The molecule has 4 heterocycles. The predicted octanol–water partition coefficient (Wildman–Crippen LogP) is 1.80. The number of aromatic nitrogens is 2. The Balaban J connectivity index is 1.32. The van der Waals surface area contributed by atoms with Crippen molar-refractivity contribution in [2.45, 2.75) is 64.1 Å². The SMILES string of the molecule is CCN1CCCC1CN1CCC2(CC1)CC(=O)N(Cc1cnn(C)c1C)CCO2. The van der Waals surface area contributed by atoms with E-state index in [9.17, 15) is 4.79 Å². The van der Waals surface area contributed by atoms with Gasteiger partial charge in [0.05, 0.1) is 24.8 Å². The number of hydrogen-bond donors (Lipinski definition) is 0. The van der Waals surface area contributed by atoms with E-state index in [-0.39, 0.29) is 11.5 Å². The molecule has 1 unspecified atom stereocenters. The van der Waals surface area contributed by atoms with Gasteiger partial charge >= 0.3 is 0 Å². The Labute approximate surface area is 175 Å². The smallest absolute Gasteiger partial charge is 0.225 e. The molecule has 1 amide bonds. The van der Waals surface area contributed by atoms with Gasteiger partial charge in [0.1, 0.15) is 0 Å². The molecular weight excluding hydrogens is 366 g/mol. The van der Waals surface area contributed by atoms with Crippen LogP contribution in [-0.2, 0) is 23.1 Å². The molecule has 0 bridgehead atoms. The van der Waals surface area contributed by atoms with Crippen LogP contribution in [-0.4, -0.2) is 87.9 Å². The second kappa shape index (κ2) is 8.74. The lowest BCUT2D eigenvalue weighted by Crippen LogP contribution is -2.50. The lowest BCUT2D eigenvalue weighted by atomic mass is 9.87. The van der Waals surface area contributed by atoms with Gasteiger partial charge in [0.15, 0.2) is 0 Å². The zero-order chi connectivity index (χ0) is 20.4. The molecule has 1 spiro atoms. The maximum Gasteiger partial charge on any atom is 0.225 e. The topological polar surface area (TPSA) is 53.8 Å². The van der Waals surface area contributed by atoms with Crippen molar-refractivity contribution >= 4 is 5.91 Å². The summed E-state index contributed by atoms with van der Waals surface area (Å²) in [6.45, 7) is 11.9. The number of piperidine rings is 1. The van der Waals surface area contributed by atoms with Crippen molar-refractivity contribution in [1.29, 1.82) is 0 Å². The lowest BCUT2D eigenvalue weighted by Gasteiger charge is -2.42. The minimum atomic E-state index is -0.258. The molecule has 0 saturated carbocycles. The van der Waals surface area contributed by atoms with Gasteiger partial charge in [-0.05, 0) is 45.7 Å². The number of nitrogens with zero attached hydrogens (tertiary/aromatic N) is 5. The van der Waals surface area contributed by atoms with E-state index in [1.165, 1.54) is 25.9 Å². The standard InChI is InChI=1S/C22H37N5O2/c1-4-26-9-5-6-20(26)17-25-10-7-22(8-11-25)14-21(28)27(12-13-29-22)16-19-15-23-24(3)18(19)2/h15,20H,4-14,16-17H2,1-3H3. The van der Waals surface area contributed by atoms with Gasteiger partial charge in [-0.25, -0.2) is 0 Å². The molecule has 29 heavy (non-hydrogen) atoms. The van der Waals surface area contributed by atoms with E-state index >= 15 is 0 Å². The van der Waals surface area contributed by atoms with Crippen LogP contribution in [0.3, 0.4) is 0 Å². The molecular formula is C22H37N5O2. The molecule has 0 N–H and O–H groups in total. The summed E-state index contributed by atoms with van der Waals surface area (Å²) in [5.41, 5.74) is 1.99. The van der Waals surface area contributed by atoms with Crippen LogP contribution in [0.4, 0.5) is 0 Å². The van der Waals surface area contributed by atoms with Gasteiger partial charge < -0.3 is 14.5 Å². The summed E-state index contributed by atoms with van der Waals surface area (Å²) in [7, 11) is 1.94. The molecule has 0 aliphatic carbocycles. The van der Waals surface area contributed by atoms with E-state index in [0.717, 1.165) is 43.7 Å². The number of carbonyl (C=O) groups is 1. The van der Waals surface area contributed by atoms with E-state index in [4.69, 9.17) is 4.74 Å². The third kappa shape index (κ3) is 4.52. The van der Waals surface area contributed by atoms with Gasteiger partial charge in [-0.3, -0.25) is 14.4 Å². The molecule has 7 nitrogen and oxygen atoms in total. The molecule has 1 atom stereocenters. The van der Waals surface area contributed by atoms with Gasteiger partial charge in [-0.1, -0.05) is 6.92 Å². The average Bonchev–Trinajstić information content (AvgIpc) is 3.25. The normalized spacial score (nSPS) is 26.4. The number of rotatable bonds is 5. The number of amides is 1. The number of likely N-dealkylation sites (N-methyl/N-ethyl adjacent to an activating group) is 1. The Hall–Kier alpha value is -1.44. The first-order valence-electron chi connectivity index (χ1n) is 11.4. The molecule has 3 fully saturated rings. The van der Waals surface area contributed by atoms with Crippen LogP contribution in [0.15, 0.2) is 6.20 Å². The molecule has 4 rings (SSSR count). The molecule has 162 valence electrons. The summed E-state index contributed by atoms with van der Waals surface area (Å²) in [6.07, 6.45) is 7.00. The first-order valence-corrected chi connectivity index (χ1v) is 11.4. The summed E-state index contributed by atoms with van der Waals surface area (Å²) < 4.78 is 8.22. The van der Waals surface area contributed by atoms with Crippen molar-refractivity contribution in [2.24, 2.45) is 7.05 Å². The van der Waals surface area contributed by atoms with Gasteiger partial charge in [0.25, 0.3) is 0 Å². The van der Waals surface area contributed by atoms with Crippen molar-refractivity contribution in [2.75, 3.05) is 45.9 Å². The fourth-order valence-corrected chi connectivity index (χ4v) is 5.29. The zero-order valence-electron chi connectivity index (χ0n) is 18.4. The largest absolute Gasteiger partial charge is 0.373 e. The van der Waals surface area contributed by atoms with Crippen molar-refractivity contribution in [1.82, 2.24) is 24.5 Å². The van der Waals surface area contributed by atoms with E-state index in [2.05, 4.69) is 28.7 Å².